The molecule has 106 valence electrons. The van der Waals surface area contributed by atoms with Crippen molar-refractivity contribution in [1.29, 1.82) is 0 Å². The Morgan fingerprint density at radius 2 is 1.80 bits per heavy atom. The van der Waals surface area contributed by atoms with Crippen LogP contribution in [0.1, 0.15) is 25.5 Å². The molecule has 1 unspecified atom stereocenters. The van der Waals surface area contributed by atoms with Crippen LogP contribution in [0.25, 0.3) is 0 Å². The number of rotatable bonds is 6. The molecule has 1 N–H and O–H groups in total. The molecular formula is C17H21NO2. The lowest BCUT2D eigenvalue weighted by atomic mass is 10.1. The molecule has 3 heteroatoms. The molecule has 0 radical (unpaired) electrons. The Kier molecular flexibility index (Phi) is 5.02. The number of para-hydroxylation sites is 1. The van der Waals surface area contributed by atoms with Crippen molar-refractivity contribution < 1.29 is 9.47 Å². The van der Waals surface area contributed by atoms with Crippen molar-refractivity contribution in [3.63, 3.8) is 0 Å². The van der Waals surface area contributed by atoms with E-state index in [-0.39, 0.29) is 6.04 Å². The summed E-state index contributed by atoms with van der Waals surface area (Å²) < 4.78 is 11.5. The maximum atomic E-state index is 6.00. The second-order valence-electron chi connectivity index (χ2n) is 4.56. The van der Waals surface area contributed by atoms with Gasteiger partial charge in [0, 0.05) is 17.7 Å². The molecule has 0 saturated heterocycles. The highest BCUT2D eigenvalue weighted by molar-refractivity contribution is 5.41. The van der Waals surface area contributed by atoms with E-state index in [0.717, 1.165) is 22.8 Å². The van der Waals surface area contributed by atoms with Gasteiger partial charge in [0.05, 0.1) is 6.61 Å². The van der Waals surface area contributed by atoms with E-state index < -0.39 is 0 Å². The van der Waals surface area contributed by atoms with Gasteiger partial charge in [0.2, 0.25) is 0 Å². The highest BCUT2D eigenvalue weighted by atomic mass is 16.5. The molecule has 2 rings (SSSR count). The second-order valence-corrected chi connectivity index (χ2v) is 4.56. The second kappa shape index (κ2) is 6.96. The first-order valence-corrected chi connectivity index (χ1v) is 6.91. The fourth-order valence-corrected chi connectivity index (χ4v) is 2.01. The van der Waals surface area contributed by atoms with Crippen molar-refractivity contribution >= 4 is 0 Å². The molecule has 0 aromatic heterocycles. The number of nitrogens with one attached hydrogen (secondary N) is 1. The Morgan fingerprint density at radius 1 is 1.05 bits per heavy atom. The smallest absolute Gasteiger partial charge is 0.132 e. The molecule has 0 spiro atoms. The van der Waals surface area contributed by atoms with Crippen LogP contribution in [0.15, 0.2) is 48.5 Å². The highest BCUT2D eigenvalue weighted by Crippen LogP contribution is 2.30. The average Bonchev–Trinajstić information content (AvgIpc) is 2.48. The molecule has 0 saturated carbocycles. The van der Waals surface area contributed by atoms with Crippen molar-refractivity contribution in [3.05, 3.63) is 54.1 Å². The van der Waals surface area contributed by atoms with E-state index in [0.29, 0.717) is 6.61 Å². The first-order valence-electron chi connectivity index (χ1n) is 6.91. The van der Waals surface area contributed by atoms with Crippen LogP contribution in [-0.2, 0) is 0 Å². The van der Waals surface area contributed by atoms with E-state index in [9.17, 15) is 0 Å². The fourth-order valence-electron chi connectivity index (χ4n) is 2.01. The summed E-state index contributed by atoms with van der Waals surface area (Å²) >= 11 is 0. The standard InChI is InChI=1S/C17H21NO2/c1-4-19-14-8-7-9-15(12-14)20-17-11-6-5-10-16(17)13(2)18-3/h5-13,18H,4H2,1-3H3. The molecule has 2 aromatic rings. The van der Waals surface area contributed by atoms with Gasteiger partial charge < -0.3 is 14.8 Å². The Labute approximate surface area is 120 Å². The zero-order valence-electron chi connectivity index (χ0n) is 12.2. The predicted octanol–water partition coefficient (Wildman–Crippen LogP) is 4.16. The molecular weight excluding hydrogens is 250 g/mol. The largest absolute Gasteiger partial charge is 0.494 e. The van der Waals surface area contributed by atoms with Crippen LogP contribution in [0.5, 0.6) is 17.2 Å². The van der Waals surface area contributed by atoms with Gasteiger partial charge in [0.25, 0.3) is 0 Å². The monoisotopic (exact) mass is 271 g/mol. The minimum absolute atomic E-state index is 0.237. The molecule has 0 aliphatic carbocycles. The van der Waals surface area contributed by atoms with Crippen LogP contribution >= 0.6 is 0 Å². The summed E-state index contributed by atoms with van der Waals surface area (Å²) in [6.45, 7) is 4.73. The Bertz CT molecular complexity index is 554. The third kappa shape index (κ3) is 3.52. The number of hydrogen-bond acceptors (Lipinski definition) is 3. The quantitative estimate of drug-likeness (QED) is 0.855. The molecule has 0 fully saturated rings. The summed E-state index contributed by atoms with van der Waals surface area (Å²) in [5.41, 5.74) is 1.14. The molecule has 0 amide bonds. The lowest BCUT2D eigenvalue weighted by Crippen LogP contribution is -2.13. The van der Waals surface area contributed by atoms with E-state index in [1.807, 2.05) is 56.4 Å². The minimum atomic E-state index is 0.237. The van der Waals surface area contributed by atoms with Crippen LogP contribution in [0.3, 0.4) is 0 Å². The normalized spacial score (nSPS) is 11.9. The topological polar surface area (TPSA) is 30.5 Å². The molecule has 2 aromatic carbocycles. The fraction of sp³-hybridized carbons (Fsp3) is 0.294. The zero-order valence-corrected chi connectivity index (χ0v) is 12.2. The predicted molar refractivity (Wildman–Crippen MR) is 81.6 cm³/mol. The summed E-state index contributed by atoms with van der Waals surface area (Å²) in [6, 6.07) is 16.0. The highest BCUT2D eigenvalue weighted by Gasteiger charge is 2.10. The average molecular weight is 271 g/mol. The van der Waals surface area contributed by atoms with Gasteiger partial charge in [-0.1, -0.05) is 24.3 Å². The molecule has 0 heterocycles. The third-order valence-corrected chi connectivity index (χ3v) is 3.16. The number of hydrogen-bond donors (Lipinski definition) is 1. The van der Waals surface area contributed by atoms with Gasteiger partial charge in [-0.2, -0.15) is 0 Å². The Hall–Kier alpha value is -2.00. The summed E-state index contributed by atoms with van der Waals surface area (Å²) in [5.74, 6) is 2.47. The first kappa shape index (κ1) is 14.4. The van der Waals surface area contributed by atoms with E-state index in [2.05, 4.69) is 18.3 Å². The maximum absolute atomic E-state index is 6.00. The maximum Gasteiger partial charge on any atom is 0.132 e. The SMILES string of the molecule is CCOc1cccc(Oc2ccccc2C(C)NC)c1. The lowest BCUT2D eigenvalue weighted by Gasteiger charge is -2.16. The first-order chi connectivity index (χ1) is 9.74. The molecule has 20 heavy (non-hydrogen) atoms. The lowest BCUT2D eigenvalue weighted by molar-refractivity contribution is 0.338. The molecule has 0 aliphatic heterocycles. The Morgan fingerprint density at radius 3 is 2.55 bits per heavy atom. The van der Waals surface area contributed by atoms with Gasteiger partial charge in [-0.3, -0.25) is 0 Å². The number of ether oxygens (including phenoxy) is 2. The minimum Gasteiger partial charge on any atom is -0.494 e. The summed E-state index contributed by atoms with van der Waals surface area (Å²) in [6.07, 6.45) is 0. The third-order valence-electron chi connectivity index (χ3n) is 3.16. The van der Waals surface area contributed by atoms with Gasteiger partial charge in [-0.25, -0.2) is 0 Å². The molecule has 1 atom stereocenters. The van der Waals surface area contributed by atoms with Gasteiger partial charge in [-0.05, 0) is 39.1 Å². The van der Waals surface area contributed by atoms with Crippen molar-refractivity contribution in [2.75, 3.05) is 13.7 Å². The number of benzene rings is 2. The van der Waals surface area contributed by atoms with Crippen LogP contribution in [0, 0.1) is 0 Å². The van der Waals surface area contributed by atoms with Crippen molar-refractivity contribution in [2.45, 2.75) is 19.9 Å². The molecule has 3 nitrogen and oxygen atoms in total. The Balaban J connectivity index is 2.23. The summed E-state index contributed by atoms with van der Waals surface area (Å²) in [5, 5.41) is 3.23. The zero-order chi connectivity index (χ0) is 14.4. The summed E-state index contributed by atoms with van der Waals surface area (Å²) in [7, 11) is 1.94. The molecule has 0 bridgehead atoms. The van der Waals surface area contributed by atoms with Crippen molar-refractivity contribution in [2.24, 2.45) is 0 Å². The van der Waals surface area contributed by atoms with E-state index >= 15 is 0 Å². The van der Waals surface area contributed by atoms with Gasteiger partial charge in [-0.15, -0.1) is 0 Å². The van der Waals surface area contributed by atoms with Crippen LogP contribution in [0.2, 0.25) is 0 Å². The van der Waals surface area contributed by atoms with E-state index in [4.69, 9.17) is 9.47 Å². The van der Waals surface area contributed by atoms with E-state index in [1.165, 1.54) is 0 Å². The molecule has 0 aliphatic rings. The van der Waals surface area contributed by atoms with E-state index in [1.54, 1.807) is 0 Å². The van der Waals surface area contributed by atoms with Crippen LogP contribution in [0.4, 0.5) is 0 Å². The van der Waals surface area contributed by atoms with Crippen LogP contribution < -0.4 is 14.8 Å². The van der Waals surface area contributed by atoms with Gasteiger partial charge in [0.1, 0.15) is 17.2 Å². The van der Waals surface area contributed by atoms with Gasteiger partial charge in [0.15, 0.2) is 0 Å². The van der Waals surface area contributed by atoms with Crippen molar-refractivity contribution in [1.82, 2.24) is 5.32 Å². The summed E-state index contributed by atoms with van der Waals surface area (Å²) in [4.78, 5) is 0. The van der Waals surface area contributed by atoms with Gasteiger partial charge >= 0.3 is 0 Å². The van der Waals surface area contributed by atoms with Crippen molar-refractivity contribution in [3.8, 4) is 17.2 Å². The van der Waals surface area contributed by atoms with Crippen LogP contribution in [-0.4, -0.2) is 13.7 Å².